The second-order valence-electron chi connectivity index (χ2n) is 6.08. The molecule has 8 heteroatoms. The predicted octanol–water partition coefficient (Wildman–Crippen LogP) is 3.14. The lowest BCUT2D eigenvalue weighted by Gasteiger charge is -2.18. The molecule has 144 valence electrons. The van der Waals surface area contributed by atoms with Crippen molar-refractivity contribution < 1.29 is 9.53 Å². The molecule has 0 aliphatic rings. The number of rotatable bonds is 6. The molecule has 1 heterocycles. The highest BCUT2D eigenvalue weighted by atomic mass is 32.2. The van der Waals surface area contributed by atoms with Gasteiger partial charge >= 0.3 is 0 Å². The highest BCUT2D eigenvalue weighted by Gasteiger charge is 2.24. The topological polar surface area (TPSA) is 110 Å². The highest BCUT2D eigenvalue weighted by molar-refractivity contribution is 8.00. The van der Waals surface area contributed by atoms with Crippen LogP contribution in [0.3, 0.4) is 0 Å². The molecule has 0 aliphatic heterocycles. The second-order valence-corrected chi connectivity index (χ2v) is 7.17. The van der Waals surface area contributed by atoms with Crippen molar-refractivity contribution in [2.75, 3.05) is 18.2 Å². The van der Waals surface area contributed by atoms with Crippen LogP contribution >= 0.6 is 11.8 Å². The number of carbonyl (C=O) groups excluding carboxylic acids is 1. The molecule has 0 unspecified atom stereocenters. The van der Waals surface area contributed by atoms with Crippen LogP contribution in [0.5, 0.6) is 5.75 Å². The summed E-state index contributed by atoms with van der Waals surface area (Å²) in [4.78, 5) is 31.6. The van der Waals surface area contributed by atoms with E-state index in [1.165, 1.54) is 6.07 Å². The molecule has 28 heavy (non-hydrogen) atoms. The molecule has 1 atom stereocenters. The minimum atomic E-state index is -0.656. The van der Waals surface area contributed by atoms with Crippen LogP contribution in [-0.4, -0.2) is 23.0 Å². The van der Waals surface area contributed by atoms with Gasteiger partial charge < -0.3 is 20.8 Å². The number of thioether (sulfide) groups is 1. The number of nitrogens with one attached hydrogen (secondary N) is 2. The van der Waals surface area contributed by atoms with Gasteiger partial charge in [0.25, 0.3) is 5.56 Å². The largest absolute Gasteiger partial charge is 0.495 e. The molecule has 0 spiro atoms. The Labute approximate surface area is 166 Å². The Morgan fingerprint density at radius 1 is 1.21 bits per heavy atom. The van der Waals surface area contributed by atoms with Crippen molar-refractivity contribution in [3.05, 3.63) is 76.1 Å². The number of hydrogen-bond donors (Lipinski definition) is 3. The Balaban J connectivity index is 1.94. The van der Waals surface area contributed by atoms with E-state index in [2.05, 4.69) is 15.3 Å². The molecular weight excluding hydrogens is 376 g/mol. The summed E-state index contributed by atoms with van der Waals surface area (Å²) in [5.41, 5.74) is 7.62. The van der Waals surface area contributed by atoms with Crippen LogP contribution in [-0.2, 0) is 4.79 Å². The number of hydrogen-bond acceptors (Lipinski definition) is 6. The maximum absolute atomic E-state index is 13.1. The van der Waals surface area contributed by atoms with E-state index >= 15 is 0 Å². The summed E-state index contributed by atoms with van der Waals surface area (Å²) in [6, 6.07) is 16.0. The molecule has 0 radical (unpaired) electrons. The van der Waals surface area contributed by atoms with E-state index in [1.807, 2.05) is 49.4 Å². The molecule has 0 saturated carbocycles. The van der Waals surface area contributed by atoms with Crippen molar-refractivity contribution >= 4 is 29.2 Å². The molecule has 1 amide bonds. The van der Waals surface area contributed by atoms with E-state index in [-0.39, 0.29) is 22.4 Å². The highest BCUT2D eigenvalue weighted by Crippen LogP contribution is 2.35. The number of carbonyl (C=O) groups is 1. The van der Waals surface area contributed by atoms with Crippen LogP contribution in [0.15, 0.2) is 64.5 Å². The fourth-order valence-corrected chi connectivity index (χ4v) is 3.64. The number of nitrogens with zero attached hydrogens (tertiary/aromatic N) is 1. The number of methoxy groups -OCH3 is 1. The molecular formula is C20H20N4O3S. The molecule has 3 rings (SSSR count). The third-order valence-corrected chi connectivity index (χ3v) is 5.06. The van der Waals surface area contributed by atoms with Gasteiger partial charge in [-0.15, -0.1) is 0 Å². The standard InChI is InChI=1S/C20H20N4O3S/c1-12-8-9-15(27-2)14(10-12)22-19(26)18(13-6-4-3-5-7-13)28-20-23-16(21)11-17(25)24-20/h3-11,18H,1-2H3,(H,22,26)(H3,21,23,24,25)/t18-/m0/s1. The minimum Gasteiger partial charge on any atom is -0.495 e. The Kier molecular flexibility index (Phi) is 6.00. The zero-order valence-corrected chi connectivity index (χ0v) is 16.2. The van der Waals surface area contributed by atoms with Gasteiger partial charge in [-0.2, -0.15) is 0 Å². The maximum atomic E-state index is 13.1. The van der Waals surface area contributed by atoms with Crippen molar-refractivity contribution in [3.8, 4) is 5.75 Å². The number of aryl methyl sites for hydroxylation is 1. The fourth-order valence-electron chi connectivity index (χ4n) is 2.64. The molecule has 0 fully saturated rings. The fraction of sp³-hybridized carbons (Fsp3) is 0.150. The lowest BCUT2D eigenvalue weighted by atomic mass is 10.1. The Bertz CT molecular complexity index is 1040. The summed E-state index contributed by atoms with van der Waals surface area (Å²) in [6.45, 7) is 1.93. The van der Waals surface area contributed by atoms with Crippen LogP contribution in [0.2, 0.25) is 0 Å². The molecule has 1 aromatic heterocycles. The number of ether oxygens (including phenoxy) is 1. The first-order chi connectivity index (χ1) is 13.5. The smallest absolute Gasteiger partial charge is 0.253 e. The first kappa shape index (κ1) is 19.5. The van der Waals surface area contributed by atoms with Gasteiger partial charge in [0.1, 0.15) is 16.8 Å². The number of anilines is 2. The normalized spacial score (nSPS) is 11.6. The lowest BCUT2D eigenvalue weighted by molar-refractivity contribution is -0.115. The number of H-pyrrole nitrogens is 1. The van der Waals surface area contributed by atoms with Gasteiger partial charge in [0, 0.05) is 6.07 Å². The minimum absolute atomic E-state index is 0.0961. The molecule has 0 bridgehead atoms. The summed E-state index contributed by atoms with van der Waals surface area (Å²) in [5.74, 6) is 0.384. The first-order valence-electron chi connectivity index (χ1n) is 8.50. The van der Waals surface area contributed by atoms with E-state index in [0.29, 0.717) is 11.4 Å². The monoisotopic (exact) mass is 396 g/mol. The molecule has 4 N–H and O–H groups in total. The van der Waals surface area contributed by atoms with Crippen molar-refractivity contribution in [3.63, 3.8) is 0 Å². The van der Waals surface area contributed by atoms with E-state index in [1.54, 1.807) is 13.2 Å². The van der Waals surface area contributed by atoms with Crippen molar-refractivity contribution in [1.29, 1.82) is 0 Å². The van der Waals surface area contributed by atoms with Crippen LogP contribution in [0.25, 0.3) is 0 Å². The van der Waals surface area contributed by atoms with Crippen molar-refractivity contribution in [1.82, 2.24) is 9.97 Å². The third kappa shape index (κ3) is 4.72. The van der Waals surface area contributed by atoms with Crippen LogP contribution < -0.4 is 21.3 Å². The third-order valence-electron chi connectivity index (χ3n) is 3.92. The average Bonchev–Trinajstić information content (AvgIpc) is 2.66. The zero-order chi connectivity index (χ0) is 20.1. The zero-order valence-electron chi connectivity index (χ0n) is 15.4. The summed E-state index contributed by atoms with van der Waals surface area (Å²) in [7, 11) is 1.55. The summed E-state index contributed by atoms with van der Waals surface area (Å²) in [5, 5.41) is 2.53. The van der Waals surface area contributed by atoms with Gasteiger partial charge in [0.05, 0.1) is 12.8 Å². The van der Waals surface area contributed by atoms with Crippen molar-refractivity contribution in [2.24, 2.45) is 0 Å². The Hall–Kier alpha value is -3.26. The SMILES string of the molecule is COc1ccc(C)cc1NC(=O)[C@@H](Sc1nc(N)cc(=O)[nH]1)c1ccccc1. The van der Waals surface area contributed by atoms with Crippen LogP contribution in [0.1, 0.15) is 16.4 Å². The van der Waals surface area contributed by atoms with Gasteiger partial charge in [-0.05, 0) is 30.2 Å². The average molecular weight is 396 g/mol. The molecule has 0 aliphatic carbocycles. The van der Waals surface area contributed by atoms with E-state index in [0.717, 1.165) is 22.9 Å². The van der Waals surface area contributed by atoms with Crippen LogP contribution in [0.4, 0.5) is 11.5 Å². The van der Waals surface area contributed by atoms with Gasteiger partial charge in [0.15, 0.2) is 5.16 Å². The van der Waals surface area contributed by atoms with Gasteiger partial charge in [-0.1, -0.05) is 48.2 Å². The second kappa shape index (κ2) is 8.62. The number of amides is 1. The number of benzene rings is 2. The predicted molar refractivity (Wildman–Crippen MR) is 111 cm³/mol. The number of aromatic amines is 1. The van der Waals surface area contributed by atoms with Crippen LogP contribution in [0, 0.1) is 6.92 Å². The molecule has 0 saturated heterocycles. The van der Waals surface area contributed by atoms with E-state index in [4.69, 9.17) is 10.5 Å². The number of nitrogens with two attached hydrogens (primary N) is 1. The number of aromatic nitrogens is 2. The lowest BCUT2D eigenvalue weighted by Crippen LogP contribution is -2.20. The van der Waals surface area contributed by atoms with E-state index < -0.39 is 5.25 Å². The number of nitrogen functional groups attached to an aromatic ring is 1. The summed E-state index contributed by atoms with van der Waals surface area (Å²) in [6.07, 6.45) is 0. The Morgan fingerprint density at radius 3 is 2.64 bits per heavy atom. The molecule has 7 nitrogen and oxygen atoms in total. The van der Waals surface area contributed by atoms with Gasteiger partial charge in [-0.25, -0.2) is 4.98 Å². The molecule has 3 aromatic rings. The summed E-state index contributed by atoms with van der Waals surface area (Å²) >= 11 is 1.12. The van der Waals surface area contributed by atoms with Gasteiger partial charge in [-0.3, -0.25) is 9.59 Å². The maximum Gasteiger partial charge on any atom is 0.253 e. The Morgan fingerprint density at radius 2 is 1.96 bits per heavy atom. The quantitative estimate of drug-likeness (QED) is 0.436. The van der Waals surface area contributed by atoms with Crippen molar-refractivity contribution in [2.45, 2.75) is 17.3 Å². The van der Waals surface area contributed by atoms with Gasteiger partial charge in [0.2, 0.25) is 5.91 Å². The molecule has 2 aromatic carbocycles. The first-order valence-corrected chi connectivity index (χ1v) is 9.38. The van der Waals surface area contributed by atoms with E-state index in [9.17, 15) is 9.59 Å². The summed E-state index contributed by atoms with van der Waals surface area (Å²) < 4.78 is 5.34.